The predicted octanol–water partition coefficient (Wildman–Crippen LogP) is 2.30. The van der Waals surface area contributed by atoms with E-state index >= 15 is 0 Å². The summed E-state index contributed by atoms with van der Waals surface area (Å²) < 4.78 is 29.8. The highest BCUT2D eigenvalue weighted by atomic mass is 19.3. The van der Waals surface area contributed by atoms with Gasteiger partial charge in [0, 0.05) is 11.6 Å². The number of hydrogen-bond acceptors (Lipinski definition) is 4. The SMILES string of the molecule is CC1(c2ccccc2OC(F)F)CN=C(N)N1C1CC1. The summed E-state index contributed by atoms with van der Waals surface area (Å²) in [6, 6.07) is 7.22. The number of para-hydroxylation sites is 1. The molecule has 2 aliphatic rings. The second-order valence-corrected chi connectivity index (χ2v) is 5.42. The van der Waals surface area contributed by atoms with Gasteiger partial charge in [-0.3, -0.25) is 4.99 Å². The van der Waals surface area contributed by atoms with Crippen molar-refractivity contribution < 1.29 is 13.5 Å². The molecular weight excluding hydrogens is 264 g/mol. The van der Waals surface area contributed by atoms with E-state index in [-0.39, 0.29) is 5.75 Å². The van der Waals surface area contributed by atoms with E-state index in [2.05, 4.69) is 9.73 Å². The average molecular weight is 281 g/mol. The summed E-state index contributed by atoms with van der Waals surface area (Å²) in [5.74, 6) is 0.683. The molecule has 1 unspecified atom stereocenters. The molecule has 0 aromatic heterocycles. The Bertz CT molecular complexity index is 545. The van der Waals surface area contributed by atoms with E-state index in [0.717, 1.165) is 12.8 Å². The number of benzene rings is 1. The van der Waals surface area contributed by atoms with Gasteiger partial charge in [0.15, 0.2) is 5.96 Å². The summed E-state index contributed by atoms with van der Waals surface area (Å²) in [6.45, 7) is -0.407. The number of alkyl halides is 2. The van der Waals surface area contributed by atoms with Crippen LogP contribution < -0.4 is 10.5 Å². The van der Waals surface area contributed by atoms with Crippen LogP contribution in [0, 0.1) is 0 Å². The summed E-state index contributed by atoms with van der Waals surface area (Å²) in [7, 11) is 0. The number of hydrogen-bond donors (Lipinski definition) is 1. The van der Waals surface area contributed by atoms with Crippen molar-refractivity contribution in [2.24, 2.45) is 10.7 Å². The molecule has 0 amide bonds. The lowest BCUT2D eigenvalue weighted by atomic mass is 9.90. The molecule has 3 rings (SSSR count). The fourth-order valence-corrected chi connectivity index (χ4v) is 2.89. The van der Waals surface area contributed by atoms with Gasteiger partial charge in [-0.05, 0) is 25.8 Å². The van der Waals surface area contributed by atoms with Gasteiger partial charge in [0.05, 0.1) is 12.1 Å². The molecule has 1 aromatic carbocycles. The van der Waals surface area contributed by atoms with Crippen LogP contribution in [0.1, 0.15) is 25.3 Å². The second kappa shape index (κ2) is 4.61. The lowest BCUT2D eigenvalue weighted by Gasteiger charge is -2.37. The smallest absolute Gasteiger partial charge is 0.387 e. The first kappa shape index (κ1) is 13.1. The number of halogens is 2. The molecule has 1 fully saturated rings. The Morgan fingerprint density at radius 1 is 1.40 bits per heavy atom. The zero-order chi connectivity index (χ0) is 14.3. The number of ether oxygens (including phenoxy) is 1. The van der Waals surface area contributed by atoms with Gasteiger partial charge < -0.3 is 15.4 Å². The van der Waals surface area contributed by atoms with Crippen molar-refractivity contribution in [1.82, 2.24) is 4.90 Å². The highest BCUT2D eigenvalue weighted by Crippen LogP contribution is 2.44. The van der Waals surface area contributed by atoms with E-state index in [1.165, 1.54) is 0 Å². The molecule has 0 spiro atoms. The minimum absolute atomic E-state index is 0.195. The maximum atomic E-state index is 12.6. The van der Waals surface area contributed by atoms with Gasteiger partial charge >= 0.3 is 6.61 Å². The van der Waals surface area contributed by atoms with Crippen molar-refractivity contribution in [3.63, 3.8) is 0 Å². The maximum absolute atomic E-state index is 12.6. The number of nitrogens with two attached hydrogens (primary N) is 1. The quantitative estimate of drug-likeness (QED) is 0.921. The third-order valence-electron chi connectivity index (χ3n) is 3.92. The van der Waals surface area contributed by atoms with Gasteiger partial charge in [0.1, 0.15) is 5.75 Å². The molecule has 20 heavy (non-hydrogen) atoms. The minimum atomic E-state index is -2.84. The first-order valence-corrected chi connectivity index (χ1v) is 6.66. The monoisotopic (exact) mass is 281 g/mol. The lowest BCUT2D eigenvalue weighted by Crippen LogP contribution is -2.48. The van der Waals surface area contributed by atoms with Gasteiger partial charge in [0.25, 0.3) is 0 Å². The zero-order valence-electron chi connectivity index (χ0n) is 11.2. The third-order valence-corrected chi connectivity index (χ3v) is 3.92. The average Bonchev–Trinajstić information content (AvgIpc) is 3.16. The van der Waals surface area contributed by atoms with E-state index in [1.54, 1.807) is 18.2 Å². The fraction of sp³-hybridized carbons (Fsp3) is 0.500. The Labute approximate surface area is 116 Å². The van der Waals surface area contributed by atoms with Crippen LogP contribution in [0.25, 0.3) is 0 Å². The largest absolute Gasteiger partial charge is 0.434 e. The van der Waals surface area contributed by atoms with Crippen molar-refractivity contribution in [3.8, 4) is 5.75 Å². The normalized spacial score (nSPS) is 26.0. The molecule has 0 bridgehead atoms. The Morgan fingerprint density at radius 2 is 2.10 bits per heavy atom. The van der Waals surface area contributed by atoms with Crippen molar-refractivity contribution >= 4 is 5.96 Å². The van der Waals surface area contributed by atoms with Gasteiger partial charge in [-0.25, -0.2) is 0 Å². The fourth-order valence-electron chi connectivity index (χ4n) is 2.89. The van der Waals surface area contributed by atoms with E-state index in [9.17, 15) is 8.78 Å². The summed E-state index contributed by atoms with van der Waals surface area (Å²) in [6.07, 6.45) is 2.12. The summed E-state index contributed by atoms with van der Waals surface area (Å²) >= 11 is 0. The Kier molecular flexibility index (Phi) is 3.03. The molecule has 1 aromatic rings. The third kappa shape index (κ3) is 2.09. The first-order valence-electron chi connectivity index (χ1n) is 6.66. The van der Waals surface area contributed by atoms with E-state index in [0.29, 0.717) is 24.1 Å². The molecule has 2 N–H and O–H groups in total. The van der Waals surface area contributed by atoms with Gasteiger partial charge in [-0.1, -0.05) is 18.2 Å². The van der Waals surface area contributed by atoms with Crippen molar-refractivity contribution in [3.05, 3.63) is 29.8 Å². The van der Waals surface area contributed by atoms with Crippen molar-refractivity contribution in [2.45, 2.75) is 38.0 Å². The zero-order valence-corrected chi connectivity index (χ0v) is 11.2. The summed E-state index contributed by atoms with van der Waals surface area (Å²) in [4.78, 5) is 6.35. The van der Waals surface area contributed by atoms with E-state index < -0.39 is 12.2 Å². The lowest BCUT2D eigenvalue weighted by molar-refractivity contribution is -0.0515. The topological polar surface area (TPSA) is 50.9 Å². The first-order chi connectivity index (χ1) is 9.52. The van der Waals surface area contributed by atoms with Crippen LogP contribution in [0.5, 0.6) is 5.75 Å². The predicted molar refractivity (Wildman–Crippen MR) is 71.8 cm³/mol. The Morgan fingerprint density at radius 3 is 2.75 bits per heavy atom. The van der Waals surface area contributed by atoms with Crippen LogP contribution in [-0.2, 0) is 5.54 Å². The van der Waals surface area contributed by atoms with Crippen LogP contribution >= 0.6 is 0 Å². The maximum Gasteiger partial charge on any atom is 0.387 e. The van der Waals surface area contributed by atoms with Crippen LogP contribution in [-0.4, -0.2) is 30.1 Å². The molecule has 108 valence electrons. The Balaban J connectivity index is 1.99. The minimum Gasteiger partial charge on any atom is -0.434 e. The van der Waals surface area contributed by atoms with Crippen molar-refractivity contribution in [1.29, 1.82) is 0 Å². The standard InChI is InChI=1S/C14H17F2N3O/c1-14(8-18-13(17)19(14)9-6-7-9)10-4-2-3-5-11(10)20-12(15)16/h2-5,9,12H,6-8H2,1H3,(H2,17,18). The number of nitrogens with zero attached hydrogens (tertiary/aromatic N) is 2. The van der Waals surface area contributed by atoms with Crippen LogP contribution in [0.4, 0.5) is 8.78 Å². The number of aliphatic imine (C=N–C) groups is 1. The van der Waals surface area contributed by atoms with Crippen LogP contribution in [0.3, 0.4) is 0 Å². The summed E-state index contributed by atoms with van der Waals surface area (Å²) in [5, 5.41) is 0. The molecule has 0 radical (unpaired) electrons. The molecule has 6 heteroatoms. The van der Waals surface area contributed by atoms with E-state index in [1.807, 2.05) is 17.9 Å². The molecule has 1 heterocycles. The molecule has 0 saturated heterocycles. The number of rotatable bonds is 4. The molecule has 1 aliphatic heterocycles. The highest BCUT2D eigenvalue weighted by Gasteiger charge is 2.48. The molecule has 4 nitrogen and oxygen atoms in total. The Hall–Kier alpha value is -1.85. The number of guanidine groups is 1. The second-order valence-electron chi connectivity index (χ2n) is 5.42. The molecule has 1 aliphatic carbocycles. The van der Waals surface area contributed by atoms with Gasteiger partial charge in [0.2, 0.25) is 0 Å². The highest BCUT2D eigenvalue weighted by molar-refractivity contribution is 5.82. The molecule has 1 saturated carbocycles. The van der Waals surface area contributed by atoms with Gasteiger partial charge in [-0.2, -0.15) is 8.78 Å². The molecule has 1 atom stereocenters. The summed E-state index contributed by atoms with van der Waals surface area (Å²) in [5.41, 5.74) is 6.16. The van der Waals surface area contributed by atoms with Gasteiger partial charge in [-0.15, -0.1) is 0 Å². The van der Waals surface area contributed by atoms with Crippen LogP contribution in [0.15, 0.2) is 29.3 Å². The molecular formula is C14H17F2N3O. The van der Waals surface area contributed by atoms with Crippen molar-refractivity contribution in [2.75, 3.05) is 6.54 Å². The van der Waals surface area contributed by atoms with E-state index in [4.69, 9.17) is 5.73 Å². The van der Waals surface area contributed by atoms with Crippen LogP contribution in [0.2, 0.25) is 0 Å².